The number of hydrogen-bond acceptors (Lipinski definition) is 2. The minimum Gasteiger partial charge on any atom is -0.382 e. The van der Waals surface area contributed by atoms with Crippen LogP contribution in [-0.2, 0) is 0 Å². The predicted molar refractivity (Wildman–Crippen MR) is 89.3 cm³/mol. The molecule has 0 saturated heterocycles. The molecule has 100 valence electrons. The van der Waals surface area contributed by atoms with Crippen LogP contribution in [0.4, 0.5) is 5.82 Å². The molecule has 0 atom stereocenters. The van der Waals surface area contributed by atoms with Crippen molar-refractivity contribution in [3.63, 3.8) is 0 Å². The molecule has 0 spiro atoms. The number of benzene rings is 2. The molecule has 0 amide bonds. The molecule has 0 saturated carbocycles. The Labute approximate surface area is 133 Å². The molecule has 0 unspecified atom stereocenters. The Hall–Kier alpha value is -1.59. The van der Waals surface area contributed by atoms with Crippen LogP contribution in [0, 0.1) is 0 Å². The number of rotatable bonds is 2. The lowest BCUT2D eigenvalue weighted by atomic mass is 10.0. The standard InChI is InChI=1S/C15H11Br2N3/c16-10-6-7-12(17)11(8-10)14-13(15(18)20-19-14)9-4-2-1-3-5-9/h1-8H,(H3,18,19,20). The maximum absolute atomic E-state index is 6.03. The van der Waals surface area contributed by atoms with Gasteiger partial charge in [-0.1, -0.05) is 62.2 Å². The van der Waals surface area contributed by atoms with Gasteiger partial charge >= 0.3 is 0 Å². The molecule has 3 rings (SSSR count). The molecule has 1 aromatic heterocycles. The first-order chi connectivity index (χ1) is 9.66. The van der Waals surface area contributed by atoms with Crippen LogP contribution in [0.1, 0.15) is 0 Å². The number of aromatic nitrogens is 2. The maximum Gasteiger partial charge on any atom is 0.153 e. The molecule has 0 aliphatic carbocycles. The number of hydrogen-bond donors (Lipinski definition) is 2. The third-order valence-electron chi connectivity index (χ3n) is 3.05. The molecule has 0 aliphatic rings. The Balaban J connectivity index is 2.24. The molecule has 0 bridgehead atoms. The van der Waals surface area contributed by atoms with E-state index in [0.717, 1.165) is 31.3 Å². The Morgan fingerprint density at radius 3 is 2.50 bits per heavy atom. The van der Waals surface area contributed by atoms with Crippen molar-refractivity contribution in [3.8, 4) is 22.4 Å². The molecule has 20 heavy (non-hydrogen) atoms. The van der Waals surface area contributed by atoms with Crippen LogP contribution in [-0.4, -0.2) is 10.2 Å². The third-order valence-corrected chi connectivity index (χ3v) is 4.24. The molecule has 1 heterocycles. The second-order valence-corrected chi connectivity index (χ2v) is 6.12. The number of aromatic amines is 1. The summed E-state index contributed by atoms with van der Waals surface area (Å²) < 4.78 is 1.99. The van der Waals surface area contributed by atoms with Crippen LogP contribution >= 0.6 is 31.9 Å². The largest absolute Gasteiger partial charge is 0.382 e. The molecular weight excluding hydrogens is 382 g/mol. The highest BCUT2D eigenvalue weighted by Crippen LogP contribution is 2.38. The Morgan fingerprint density at radius 1 is 1.00 bits per heavy atom. The van der Waals surface area contributed by atoms with Crippen molar-refractivity contribution in [2.24, 2.45) is 0 Å². The normalized spacial score (nSPS) is 10.7. The topological polar surface area (TPSA) is 54.7 Å². The molecule has 0 radical (unpaired) electrons. The fourth-order valence-electron chi connectivity index (χ4n) is 2.14. The van der Waals surface area contributed by atoms with E-state index in [9.17, 15) is 0 Å². The highest BCUT2D eigenvalue weighted by Gasteiger charge is 2.16. The van der Waals surface area contributed by atoms with E-state index in [4.69, 9.17) is 5.73 Å². The average molecular weight is 393 g/mol. The van der Waals surface area contributed by atoms with Crippen LogP contribution in [0.15, 0.2) is 57.5 Å². The van der Waals surface area contributed by atoms with E-state index in [1.165, 1.54) is 0 Å². The second kappa shape index (κ2) is 5.42. The van der Waals surface area contributed by atoms with E-state index in [1.807, 2.05) is 48.5 Å². The molecule has 5 heteroatoms. The van der Waals surface area contributed by atoms with E-state index in [2.05, 4.69) is 42.1 Å². The number of nitrogens with one attached hydrogen (secondary N) is 1. The van der Waals surface area contributed by atoms with Crippen molar-refractivity contribution >= 4 is 37.7 Å². The lowest BCUT2D eigenvalue weighted by molar-refractivity contribution is 1.10. The van der Waals surface area contributed by atoms with Crippen LogP contribution in [0.2, 0.25) is 0 Å². The summed E-state index contributed by atoms with van der Waals surface area (Å²) in [5, 5.41) is 7.19. The van der Waals surface area contributed by atoms with Crippen molar-refractivity contribution in [2.45, 2.75) is 0 Å². The van der Waals surface area contributed by atoms with Gasteiger partial charge in [0, 0.05) is 14.5 Å². The van der Waals surface area contributed by atoms with Gasteiger partial charge in [0.25, 0.3) is 0 Å². The minimum atomic E-state index is 0.498. The van der Waals surface area contributed by atoms with Crippen molar-refractivity contribution in [1.82, 2.24) is 10.2 Å². The van der Waals surface area contributed by atoms with Crippen LogP contribution in [0.25, 0.3) is 22.4 Å². The third kappa shape index (κ3) is 2.39. The molecule has 3 aromatic rings. The predicted octanol–water partition coefficient (Wildman–Crippen LogP) is 4.85. The van der Waals surface area contributed by atoms with Crippen LogP contribution in [0.5, 0.6) is 0 Å². The molecule has 0 fully saturated rings. The van der Waals surface area contributed by atoms with E-state index in [-0.39, 0.29) is 0 Å². The monoisotopic (exact) mass is 391 g/mol. The molecule has 2 aromatic carbocycles. The molecule has 0 aliphatic heterocycles. The highest BCUT2D eigenvalue weighted by molar-refractivity contribution is 9.11. The van der Waals surface area contributed by atoms with E-state index in [1.54, 1.807) is 0 Å². The Morgan fingerprint density at radius 2 is 1.75 bits per heavy atom. The van der Waals surface area contributed by atoms with E-state index in [0.29, 0.717) is 5.82 Å². The SMILES string of the molecule is Nc1n[nH]c(-c2cc(Br)ccc2Br)c1-c1ccccc1. The summed E-state index contributed by atoms with van der Waals surface area (Å²) in [4.78, 5) is 0. The molecular formula is C15H11Br2N3. The summed E-state index contributed by atoms with van der Waals surface area (Å²) in [6.45, 7) is 0. The van der Waals surface area contributed by atoms with Crippen molar-refractivity contribution in [2.75, 3.05) is 5.73 Å². The quantitative estimate of drug-likeness (QED) is 0.654. The Kier molecular flexibility index (Phi) is 3.63. The lowest BCUT2D eigenvalue weighted by Crippen LogP contribution is -1.89. The van der Waals surface area contributed by atoms with Gasteiger partial charge in [0.05, 0.1) is 11.3 Å². The summed E-state index contributed by atoms with van der Waals surface area (Å²) in [7, 11) is 0. The van der Waals surface area contributed by atoms with Gasteiger partial charge in [0.1, 0.15) is 0 Å². The van der Waals surface area contributed by atoms with Crippen molar-refractivity contribution in [3.05, 3.63) is 57.5 Å². The Bertz CT molecular complexity index is 751. The summed E-state index contributed by atoms with van der Waals surface area (Å²) in [6.07, 6.45) is 0. The number of nitrogens with two attached hydrogens (primary N) is 1. The fraction of sp³-hybridized carbons (Fsp3) is 0. The summed E-state index contributed by atoms with van der Waals surface area (Å²) in [5.74, 6) is 0.498. The maximum atomic E-state index is 6.03. The van der Waals surface area contributed by atoms with Gasteiger partial charge in [0.2, 0.25) is 0 Å². The molecule has 3 N–H and O–H groups in total. The van der Waals surface area contributed by atoms with Gasteiger partial charge in [0.15, 0.2) is 5.82 Å². The van der Waals surface area contributed by atoms with Gasteiger partial charge in [-0.15, -0.1) is 0 Å². The number of anilines is 1. The first kappa shape index (κ1) is 13.4. The van der Waals surface area contributed by atoms with Crippen LogP contribution in [0.3, 0.4) is 0 Å². The lowest BCUT2D eigenvalue weighted by Gasteiger charge is -2.07. The molecule has 3 nitrogen and oxygen atoms in total. The summed E-state index contributed by atoms with van der Waals surface area (Å²) in [5.41, 5.74) is 9.91. The van der Waals surface area contributed by atoms with Gasteiger partial charge < -0.3 is 5.73 Å². The fourth-order valence-corrected chi connectivity index (χ4v) is 2.94. The summed E-state index contributed by atoms with van der Waals surface area (Å²) >= 11 is 7.07. The first-order valence-corrected chi connectivity index (χ1v) is 7.60. The number of nitrogens with zero attached hydrogens (tertiary/aromatic N) is 1. The number of H-pyrrole nitrogens is 1. The van der Waals surface area contributed by atoms with E-state index >= 15 is 0 Å². The summed E-state index contributed by atoms with van der Waals surface area (Å²) in [6, 6.07) is 16.0. The number of nitrogen functional groups attached to an aromatic ring is 1. The zero-order chi connectivity index (χ0) is 14.1. The van der Waals surface area contributed by atoms with Crippen LogP contribution < -0.4 is 5.73 Å². The zero-order valence-corrected chi connectivity index (χ0v) is 13.6. The van der Waals surface area contributed by atoms with Crippen molar-refractivity contribution in [1.29, 1.82) is 0 Å². The zero-order valence-electron chi connectivity index (χ0n) is 10.4. The van der Waals surface area contributed by atoms with E-state index < -0.39 is 0 Å². The first-order valence-electron chi connectivity index (χ1n) is 6.01. The minimum absolute atomic E-state index is 0.498. The van der Waals surface area contributed by atoms with Gasteiger partial charge in [-0.05, 0) is 23.8 Å². The van der Waals surface area contributed by atoms with Gasteiger partial charge in [-0.25, -0.2) is 0 Å². The van der Waals surface area contributed by atoms with Crippen molar-refractivity contribution < 1.29 is 0 Å². The smallest absolute Gasteiger partial charge is 0.153 e. The highest BCUT2D eigenvalue weighted by atomic mass is 79.9. The second-order valence-electron chi connectivity index (χ2n) is 4.35. The average Bonchev–Trinajstić information content (AvgIpc) is 2.84. The van der Waals surface area contributed by atoms with Gasteiger partial charge in [-0.2, -0.15) is 5.10 Å². The van der Waals surface area contributed by atoms with Gasteiger partial charge in [-0.3, -0.25) is 5.10 Å². The number of halogens is 2.